The largest absolute Gasteiger partial charge is 0.264 e. The maximum atomic E-state index is 5.88. The molecule has 2 rings (SSSR count). The van der Waals surface area contributed by atoms with Gasteiger partial charge in [0.1, 0.15) is 0 Å². The van der Waals surface area contributed by atoms with E-state index in [2.05, 4.69) is 9.97 Å². The van der Waals surface area contributed by atoms with Crippen molar-refractivity contribution < 1.29 is 0 Å². The molecule has 0 aliphatic heterocycles. The van der Waals surface area contributed by atoms with Crippen molar-refractivity contribution in [2.45, 2.75) is 12.8 Å². The van der Waals surface area contributed by atoms with Crippen LogP contribution in [0.1, 0.15) is 11.1 Å². The zero-order valence-electron chi connectivity index (χ0n) is 8.44. The van der Waals surface area contributed by atoms with Crippen molar-refractivity contribution in [3.05, 3.63) is 48.0 Å². The lowest BCUT2D eigenvalue weighted by atomic mass is 10.0. The smallest absolute Gasteiger partial charge is 0.0495 e. The second-order valence-corrected chi connectivity index (χ2v) is 3.62. The van der Waals surface area contributed by atoms with Crippen molar-refractivity contribution in [2.75, 3.05) is 0 Å². The first-order chi connectivity index (χ1) is 7.33. The highest BCUT2D eigenvalue weighted by atomic mass is 35.5. The Labute approximate surface area is 94.0 Å². The number of nitrogens with zero attached hydrogens (tertiary/aromatic N) is 2. The van der Waals surface area contributed by atoms with Crippen LogP contribution in [-0.2, 0) is 5.88 Å². The third-order valence-corrected chi connectivity index (χ3v) is 2.65. The molecule has 2 nitrogen and oxygen atoms in total. The summed E-state index contributed by atoms with van der Waals surface area (Å²) in [6.07, 6.45) is 7.24. The molecular weight excluding hydrogens is 208 g/mol. The number of aryl methyl sites for hydroxylation is 1. The molecule has 0 N–H and O–H groups in total. The third kappa shape index (κ3) is 2.00. The average Bonchev–Trinajstić information content (AvgIpc) is 2.30. The molecule has 2 aromatic rings. The molecule has 2 aromatic heterocycles. The molecule has 0 bridgehead atoms. The maximum absolute atomic E-state index is 5.88. The van der Waals surface area contributed by atoms with Gasteiger partial charge in [-0.1, -0.05) is 0 Å². The van der Waals surface area contributed by atoms with Crippen LogP contribution in [0.4, 0.5) is 0 Å². The van der Waals surface area contributed by atoms with Crippen LogP contribution >= 0.6 is 11.6 Å². The lowest BCUT2D eigenvalue weighted by Gasteiger charge is -2.08. The number of hydrogen-bond acceptors (Lipinski definition) is 2. The maximum Gasteiger partial charge on any atom is 0.0495 e. The monoisotopic (exact) mass is 218 g/mol. The van der Waals surface area contributed by atoms with Gasteiger partial charge in [0.15, 0.2) is 0 Å². The zero-order chi connectivity index (χ0) is 10.7. The van der Waals surface area contributed by atoms with Gasteiger partial charge in [-0.05, 0) is 41.3 Å². The van der Waals surface area contributed by atoms with Gasteiger partial charge in [0.2, 0.25) is 0 Å². The summed E-state index contributed by atoms with van der Waals surface area (Å²) in [5.74, 6) is 0.477. The molecule has 0 amide bonds. The number of halogens is 1. The number of alkyl halides is 1. The molecule has 0 fully saturated rings. The Bertz CT molecular complexity index is 469. The number of pyridine rings is 2. The highest BCUT2D eigenvalue weighted by molar-refractivity contribution is 6.17. The zero-order valence-corrected chi connectivity index (χ0v) is 9.20. The fourth-order valence-electron chi connectivity index (χ4n) is 1.57. The summed E-state index contributed by atoms with van der Waals surface area (Å²) in [5.41, 5.74) is 4.51. The fraction of sp³-hybridized carbons (Fsp3) is 0.167. The van der Waals surface area contributed by atoms with E-state index >= 15 is 0 Å². The van der Waals surface area contributed by atoms with E-state index in [0.717, 1.165) is 16.7 Å². The number of aromatic nitrogens is 2. The van der Waals surface area contributed by atoms with Gasteiger partial charge in [0.05, 0.1) is 0 Å². The minimum atomic E-state index is 0.477. The summed E-state index contributed by atoms with van der Waals surface area (Å²) in [5, 5.41) is 0. The van der Waals surface area contributed by atoms with Gasteiger partial charge in [-0.15, -0.1) is 11.6 Å². The summed E-state index contributed by atoms with van der Waals surface area (Å²) in [6.45, 7) is 2.04. The predicted molar refractivity (Wildman–Crippen MR) is 61.8 cm³/mol. The van der Waals surface area contributed by atoms with Crippen molar-refractivity contribution in [1.82, 2.24) is 9.97 Å². The van der Waals surface area contributed by atoms with Crippen molar-refractivity contribution in [3.8, 4) is 11.1 Å². The van der Waals surface area contributed by atoms with Crippen molar-refractivity contribution in [1.29, 1.82) is 0 Å². The van der Waals surface area contributed by atoms with Gasteiger partial charge in [-0.25, -0.2) is 0 Å². The van der Waals surface area contributed by atoms with E-state index < -0.39 is 0 Å². The van der Waals surface area contributed by atoms with Gasteiger partial charge in [0.25, 0.3) is 0 Å². The molecule has 2 heterocycles. The molecule has 0 spiro atoms. The fourth-order valence-corrected chi connectivity index (χ4v) is 1.78. The van der Waals surface area contributed by atoms with Gasteiger partial charge in [0, 0.05) is 30.7 Å². The lowest BCUT2D eigenvalue weighted by Crippen LogP contribution is -1.90. The minimum Gasteiger partial charge on any atom is -0.264 e. The van der Waals surface area contributed by atoms with E-state index in [1.54, 1.807) is 12.4 Å². The van der Waals surface area contributed by atoms with E-state index in [1.165, 1.54) is 5.56 Å². The summed E-state index contributed by atoms with van der Waals surface area (Å²) in [6, 6.07) is 3.99. The topological polar surface area (TPSA) is 25.8 Å². The minimum absolute atomic E-state index is 0.477. The van der Waals surface area contributed by atoms with Crippen LogP contribution in [0.25, 0.3) is 11.1 Å². The Hall–Kier alpha value is -1.41. The standard InChI is InChI=1S/C12H11ClN2/c1-9-7-14-4-2-11(9)12-3-5-15-8-10(12)6-13/h2-5,7-8H,6H2,1H3. The molecule has 0 aromatic carbocycles. The molecule has 3 heteroatoms. The van der Waals surface area contributed by atoms with Crippen LogP contribution in [0.2, 0.25) is 0 Å². The Morgan fingerprint density at radius 3 is 2.40 bits per heavy atom. The van der Waals surface area contributed by atoms with Crippen molar-refractivity contribution >= 4 is 11.6 Å². The first kappa shape index (κ1) is 10.1. The highest BCUT2D eigenvalue weighted by Gasteiger charge is 2.06. The van der Waals surface area contributed by atoms with E-state index in [-0.39, 0.29) is 0 Å². The average molecular weight is 219 g/mol. The molecule has 15 heavy (non-hydrogen) atoms. The van der Waals surface area contributed by atoms with Crippen LogP contribution in [0.15, 0.2) is 36.9 Å². The second-order valence-electron chi connectivity index (χ2n) is 3.36. The van der Waals surface area contributed by atoms with Crippen LogP contribution in [0, 0.1) is 6.92 Å². The molecule has 0 unspecified atom stereocenters. The Balaban J connectivity index is 2.59. The van der Waals surface area contributed by atoms with Gasteiger partial charge in [-0.3, -0.25) is 9.97 Å². The molecule has 0 aliphatic carbocycles. The molecule has 76 valence electrons. The van der Waals surface area contributed by atoms with E-state index in [0.29, 0.717) is 5.88 Å². The van der Waals surface area contributed by atoms with E-state index in [1.807, 2.05) is 31.5 Å². The predicted octanol–water partition coefficient (Wildman–Crippen LogP) is 3.19. The molecule has 0 aliphatic rings. The molecule has 0 atom stereocenters. The Kier molecular flexibility index (Phi) is 2.97. The summed E-state index contributed by atoms with van der Waals surface area (Å²) < 4.78 is 0. The van der Waals surface area contributed by atoms with Crippen molar-refractivity contribution in [3.63, 3.8) is 0 Å². The van der Waals surface area contributed by atoms with Gasteiger partial charge >= 0.3 is 0 Å². The first-order valence-corrected chi connectivity index (χ1v) is 5.26. The summed E-state index contributed by atoms with van der Waals surface area (Å²) >= 11 is 5.88. The third-order valence-electron chi connectivity index (χ3n) is 2.36. The van der Waals surface area contributed by atoms with Crippen LogP contribution in [-0.4, -0.2) is 9.97 Å². The SMILES string of the molecule is Cc1cnccc1-c1ccncc1CCl. The van der Waals surface area contributed by atoms with Crippen molar-refractivity contribution in [2.24, 2.45) is 0 Å². The van der Waals surface area contributed by atoms with E-state index in [9.17, 15) is 0 Å². The summed E-state index contributed by atoms with van der Waals surface area (Å²) in [4.78, 5) is 8.15. The quantitative estimate of drug-likeness (QED) is 0.724. The normalized spacial score (nSPS) is 10.3. The highest BCUT2D eigenvalue weighted by Crippen LogP contribution is 2.26. The first-order valence-electron chi connectivity index (χ1n) is 4.72. The van der Waals surface area contributed by atoms with Crippen LogP contribution in [0.3, 0.4) is 0 Å². The Morgan fingerprint density at radius 2 is 1.73 bits per heavy atom. The van der Waals surface area contributed by atoms with Gasteiger partial charge < -0.3 is 0 Å². The van der Waals surface area contributed by atoms with Crippen LogP contribution in [0.5, 0.6) is 0 Å². The molecule has 0 radical (unpaired) electrons. The molecule has 0 saturated heterocycles. The molecule has 0 saturated carbocycles. The number of rotatable bonds is 2. The Morgan fingerprint density at radius 1 is 1.07 bits per heavy atom. The van der Waals surface area contributed by atoms with E-state index in [4.69, 9.17) is 11.6 Å². The van der Waals surface area contributed by atoms with Crippen LogP contribution < -0.4 is 0 Å². The number of hydrogen-bond donors (Lipinski definition) is 0. The second kappa shape index (κ2) is 4.41. The lowest BCUT2D eigenvalue weighted by molar-refractivity contribution is 1.22. The molecular formula is C12H11ClN2. The summed E-state index contributed by atoms with van der Waals surface area (Å²) in [7, 11) is 0. The van der Waals surface area contributed by atoms with Gasteiger partial charge in [-0.2, -0.15) is 0 Å².